The summed E-state index contributed by atoms with van der Waals surface area (Å²) in [4.78, 5) is 11.4. The van der Waals surface area contributed by atoms with Crippen LogP contribution in [0.5, 0.6) is 0 Å². The lowest BCUT2D eigenvalue weighted by Gasteiger charge is -2.09. The Labute approximate surface area is 149 Å². The standard InChI is InChI=1S/C16H21N3O2/c1-19(2)6-5-12-9-17-15-4-3-11(8-14(12)15)7-13-10-21-16(20)18-13/h3-4,8-9,13,17H,5-7,10H2,1-2H3,(H,18,20)/t13-/m0/s1/i1D3,2D3,3D,4D,5D2,6D2,8D,10D2,13D/hD2. The van der Waals surface area contributed by atoms with Crippen molar-refractivity contribution >= 4 is 17.0 Å². The van der Waals surface area contributed by atoms with E-state index in [2.05, 4.69) is 4.74 Å². The number of hydrogen-bond acceptors (Lipinski definition) is 3. The number of alkyl carbamates (subject to hydrolysis) is 1. The van der Waals surface area contributed by atoms with E-state index in [-0.39, 0.29) is 5.31 Å². The van der Waals surface area contributed by atoms with Crippen LogP contribution >= 0.6 is 0 Å². The molecule has 0 saturated carbocycles. The zero-order chi connectivity index (χ0) is 30.5. The first kappa shape index (κ1) is 4.04. The molecule has 2 heterocycles. The number of ether oxygens (including phenoxy) is 1. The van der Waals surface area contributed by atoms with E-state index in [1.165, 1.54) is 0 Å². The van der Waals surface area contributed by atoms with Crippen LogP contribution in [0.2, 0.25) is 2.82 Å². The lowest BCUT2D eigenvalue weighted by molar-refractivity contribution is 0.177. The molecule has 1 aliphatic heterocycles. The second-order valence-corrected chi connectivity index (χ2v) is 4.03. The highest BCUT2D eigenvalue weighted by molar-refractivity contribution is 5.84. The van der Waals surface area contributed by atoms with Crippen LogP contribution in [0.1, 0.15) is 33.1 Å². The number of carbonyl (C=O) groups excluding carboxylic acids is 1. The highest BCUT2D eigenvalue weighted by Gasteiger charge is 2.22. The summed E-state index contributed by atoms with van der Waals surface area (Å²) < 4.78 is 148. The number of nitrogens with one attached hydrogen (secondary N) is 2. The minimum atomic E-state index is -3.86. The molecule has 0 unspecified atom stereocenters. The SMILES string of the molecule is [2H]c1c(C[C@]2([2H])N([2H])C(=O)OC2([2H])[2H])c([2H])c2c(C([2H])([2H])C([2H])([2H])N(C([2H])([2H])[2H])C([2H])([2H])[2H])cn([2H])c2c1[2H]. The van der Waals surface area contributed by atoms with Crippen molar-refractivity contribution in [2.45, 2.75) is 18.8 Å². The van der Waals surface area contributed by atoms with Gasteiger partial charge in [-0.15, -0.1) is 0 Å². The lowest BCUT2D eigenvalue weighted by atomic mass is 10.0. The Morgan fingerprint density at radius 2 is 2.62 bits per heavy atom. The third kappa shape index (κ3) is 3.19. The molecule has 0 aliphatic carbocycles. The summed E-state index contributed by atoms with van der Waals surface area (Å²) in [5.74, 6) is 0. The smallest absolute Gasteiger partial charge is 0.407 e. The Hall–Kier alpha value is -2.01. The molecule has 2 aromatic rings. The van der Waals surface area contributed by atoms with E-state index in [1.807, 2.05) is 0 Å². The monoisotopic (exact) mass is 305 g/mol. The zero-order valence-electron chi connectivity index (χ0n) is 28.4. The molecule has 0 radical (unpaired) electrons. The number of nitrogens with zero attached hydrogens (tertiary/aromatic N) is 1. The maximum Gasteiger partial charge on any atom is 0.407 e. The molecule has 1 amide bonds. The molecular formula is C16H21N3O2. The molecule has 1 fully saturated rings. The van der Waals surface area contributed by atoms with E-state index in [0.717, 1.165) is 0 Å². The van der Waals surface area contributed by atoms with Crippen molar-refractivity contribution in [1.29, 1.82) is 0 Å². The van der Waals surface area contributed by atoms with Crippen LogP contribution in [-0.2, 0) is 17.5 Å². The van der Waals surface area contributed by atoms with Crippen molar-refractivity contribution in [3.63, 3.8) is 0 Å². The molecule has 21 heavy (non-hydrogen) atoms. The number of hydrogen-bond donors (Lipinski definition) is 2. The Morgan fingerprint density at radius 1 is 1.71 bits per heavy atom. The number of carbonyl (C=O) groups is 1. The second-order valence-electron chi connectivity index (χ2n) is 4.03. The van der Waals surface area contributed by atoms with Gasteiger partial charge in [0.15, 0.2) is 2.82 Å². The second kappa shape index (κ2) is 5.77. The first-order chi connectivity index (χ1) is 17.2. The van der Waals surface area contributed by atoms with Crippen LogP contribution in [0.25, 0.3) is 10.9 Å². The van der Waals surface area contributed by atoms with Gasteiger partial charge in [-0.1, -0.05) is 6.04 Å². The number of cyclic esters (lactones) is 1. The number of H-pyrrole nitrogens is 1. The molecule has 0 bridgehead atoms. The summed E-state index contributed by atoms with van der Waals surface area (Å²) in [6, 6.07) is -5.53. The number of aromatic nitrogens is 1. The minimum Gasteiger partial charge on any atom is -0.447 e. The van der Waals surface area contributed by atoms with Gasteiger partial charge in [0.2, 0.25) is 0 Å². The Bertz CT molecular complexity index is 1320. The summed E-state index contributed by atoms with van der Waals surface area (Å²) in [5, 5.41) is -0.907. The lowest BCUT2D eigenvalue weighted by Crippen LogP contribution is -2.28. The van der Waals surface area contributed by atoms with Crippen LogP contribution in [0.4, 0.5) is 4.79 Å². The first-order valence-electron chi connectivity index (χ1n) is 14.6. The number of fused-ring (bicyclic) bond motifs is 1. The molecular weight excluding hydrogens is 266 g/mol. The van der Waals surface area contributed by atoms with Crippen LogP contribution in [0.15, 0.2) is 24.3 Å². The van der Waals surface area contributed by atoms with Crippen molar-refractivity contribution in [3.8, 4) is 0 Å². The normalized spacial score (nSPS) is 39.7. The molecule has 1 aromatic heterocycles. The van der Waals surface area contributed by atoms with Gasteiger partial charge in [0.05, 0.1) is 14.2 Å². The highest BCUT2D eigenvalue weighted by atomic mass is 16.6. The van der Waals surface area contributed by atoms with Gasteiger partial charge in [-0.2, -0.15) is 0 Å². The average molecular weight is 305 g/mol. The number of likely N-dealkylation sites (N-methyl/N-ethyl adjacent to an activating group) is 1. The van der Waals surface area contributed by atoms with Gasteiger partial charge in [0.25, 0.3) is 0 Å². The van der Waals surface area contributed by atoms with E-state index in [1.54, 1.807) is 0 Å². The summed E-state index contributed by atoms with van der Waals surface area (Å²) in [6.45, 7) is -14.4. The number of benzene rings is 1. The number of amides is 1. The largest absolute Gasteiger partial charge is 0.447 e. The molecule has 1 atom stereocenters. The van der Waals surface area contributed by atoms with Gasteiger partial charge in [0, 0.05) is 37.3 Å². The predicted molar refractivity (Wildman–Crippen MR) is 82.5 cm³/mol. The van der Waals surface area contributed by atoms with Gasteiger partial charge in [0.1, 0.15) is 6.56 Å². The minimum absolute atomic E-state index is 0.182. The quantitative estimate of drug-likeness (QED) is 0.887. The molecule has 5 nitrogen and oxygen atoms in total. The molecule has 1 aliphatic rings. The fourth-order valence-electron chi connectivity index (χ4n) is 1.72. The summed E-state index contributed by atoms with van der Waals surface area (Å²) >= 11 is 0. The van der Waals surface area contributed by atoms with Gasteiger partial charge >= 0.3 is 6.09 Å². The third-order valence-corrected chi connectivity index (χ3v) is 2.57. The molecule has 112 valence electrons. The van der Waals surface area contributed by atoms with Crippen molar-refractivity contribution < 1.29 is 34.3 Å². The van der Waals surface area contributed by atoms with Gasteiger partial charge < -0.3 is 19.9 Å². The molecule has 5 heteroatoms. The Kier molecular flexibility index (Phi) is 1.11. The molecule has 3 rings (SSSR count). The maximum atomic E-state index is 11.8. The summed E-state index contributed by atoms with van der Waals surface area (Å²) in [5.41, 5.74) is -2.24. The Balaban J connectivity index is 2.35. The number of rotatable bonds is 5. The average Bonchev–Trinajstić information content (AvgIpc) is 3.15. The summed E-state index contributed by atoms with van der Waals surface area (Å²) in [6.07, 6.45) is -5.69. The van der Waals surface area contributed by atoms with Crippen LogP contribution in [0.3, 0.4) is 0 Å². The van der Waals surface area contributed by atoms with Gasteiger partial charge in [-0.05, 0) is 50.0 Å². The third-order valence-electron chi connectivity index (χ3n) is 2.57. The van der Waals surface area contributed by atoms with Gasteiger partial charge in [-0.25, -0.2) is 4.79 Å². The van der Waals surface area contributed by atoms with Crippen LogP contribution in [-0.4, -0.2) is 49.0 Å². The van der Waals surface area contributed by atoms with Crippen LogP contribution < -0.4 is 5.31 Å². The molecule has 1 saturated heterocycles. The number of aromatic amines is 1. The predicted octanol–water partition coefficient (Wildman–Crippen LogP) is 1.92. The maximum absolute atomic E-state index is 11.8. The zero-order valence-corrected chi connectivity index (χ0v) is 10.4. The van der Waals surface area contributed by atoms with E-state index in [9.17, 15) is 4.79 Å². The topological polar surface area (TPSA) is 57.4 Å². The van der Waals surface area contributed by atoms with E-state index >= 15 is 0 Å². The first-order valence-corrected chi connectivity index (χ1v) is 5.71. The fourth-order valence-corrected chi connectivity index (χ4v) is 1.72. The van der Waals surface area contributed by atoms with Crippen molar-refractivity contribution in [2.75, 3.05) is 27.0 Å². The fraction of sp³-hybridized carbons (Fsp3) is 0.438. The van der Waals surface area contributed by atoms with Gasteiger partial charge in [-0.3, -0.25) is 0 Å². The van der Waals surface area contributed by atoms with Crippen molar-refractivity contribution in [3.05, 3.63) is 35.5 Å². The van der Waals surface area contributed by atoms with Crippen molar-refractivity contribution in [2.24, 2.45) is 0 Å². The molecule has 1 aromatic carbocycles. The van der Waals surface area contributed by atoms with E-state index in [0.29, 0.717) is 11.2 Å². The van der Waals surface area contributed by atoms with E-state index < -0.39 is 97.0 Å². The number of aryl methyl sites for hydroxylation is 1. The van der Waals surface area contributed by atoms with Crippen LogP contribution in [0, 0.1) is 0 Å². The summed E-state index contributed by atoms with van der Waals surface area (Å²) in [7, 11) is 0. The molecule has 2 N–H and O–H groups in total. The van der Waals surface area contributed by atoms with Crippen molar-refractivity contribution in [1.82, 2.24) is 15.2 Å². The van der Waals surface area contributed by atoms with E-state index in [4.69, 9.17) is 24.8 Å². The Morgan fingerprint density at radius 3 is 3.38 bits per heavy atom. The molecule has 0 spiro atoms. The highest BCUT2D eigenvalue weighted by Crippen LogP contribution is 2.21.